The first kappa shape index (κ1) is 18.5. The van der Waals surface area contributed by atoms with Crippen molar-refractivity contribution in [3.8, 4) is 5.75 Å². The van der Waals surface area contributed by atoms with Crippen LogP contribution in [-0.2, 0) is 25.6 Å². The fourth-order valence-electron chi connectivity index (χ4n) is 2.57. The van der Waals surface area contributed by atoms with E-state index in [-0.39, 0.29) is 11.5 Å². The Balaban J connectivity index is 2.26. The van der Waals surface area contributed by atoms with Crippen LogP contribution in [0.2, 0.25) is 0 Å². The minimum absolute atomic E-state index is 0.278. The maximum Gasteiger partial charge on any atom is 0.379 e. The Kier molecular flexibility index (Phi) is 6.16. The molecule has 1 aromatic carbocycles. The molecule has 0 aliphatic rings. The average Bonchev–Trinajstić information content (AvgIpc) is 2.97. The van der Waals surface area contributed by atoms with Crippen LogP contribution < -0.4 is 4.74 Å². The lowest BCUT2D eigenvalue weighted by molar-refractivity contribution is -0.141. The highest BCUT2D eigenvalue weighted by Gasteiger charge is 2.22. The van der Waals surface area contributed by atoms with Gasteiger partial charge in [-0.1, -0.05) is 0 Å². The maximum absolute atomic E-state index is 12.3. The summed E-state index contributed by atoms with van der Waals surface area (Å²) in [6.07, 6.45) is 3.11. The number of fused-ring (bicyclic) bond motifs is 1. The lowest BCUT2D eigenvalue weighted by atomic mass is 10.1. The smallest absolute Gasteiger partial charge is 0.379 e. The van der Waals surface area contributed by atoms with Crippen LogP contribution in [0.15, 0.2) is 24.4 Å². The molecule has 0 unspecified atom stereocenters. The third kappa shape index (κ3) is 4.37. The van der Waals surface area contributed by atoms with Crippen molar-refractivity contribution < 1.29 is 28.6 Å². The van der Waals surface area contributed by atoms with Crippen molar-refractivity contribution in [2.24, 2.45) is 0 Å². The zero-order valence-electron chi connectivity index (χ0n) is 14.5. The second-order valence-electron chi connectivity index (χ2n) is 5.49. The number of unbranched alkanes of at least 4 members (excludes halogenated alkanes) is 1. The van der Waals surface area contributed by atoms with Crippen molar-refractivity contribution in [1.82, 2.24) is 4.57 Å². The van der Waals surface area contributed by atoms with E-state index in [4.69, 9.17) is 9.47 Å². The van der Waals surface area contributed by atoms with E-state index in [9.17, 15) is 14.4 Å². The number of hydrogen-bond donors (Lipinski definition) is 0. The first-order valence-electron chi connectivity index (χ1n) is 7.90. The van der Waals surface area contributed by atoms with Gasteiger partial charge in [-0.05, 0) is 31.0 Å². The molecule has 0 amide bonds. The molecular formula is C18H21NO6. The van der Waals surface area contributed by atoms with E-state index in [1.807, 2.05) is 10.6 Å². The number of methoxy groups -OCH3 is 2. The van der Waals surface area contributed by atoms with E-state index >= 15 is 0 Å². The molecule has 0 aliphatic carbocycles. The molecule has 0 N–H and O–H groups in total. The molecule has 0 radical (unpaired) electrons. The Bertz CT molecular complexity index is 792. The summed E-state index contributed by atoms with van der Waals surface area (Å²) in [4.78, 5) is 34.7. The fourth-order valence-corrected chi connectivity index (χ4v) is 2.57. The molecule has 2 aromatic rings. The lowest BCUT2D eigenvalue weighted by Crippen LogP contribution is -2.15. The van der Waals surface area contributed by atoms with Crippen molar-refractivity contribution >= 4 is 28.6 Å². The normalized spacial score (nSPS) is 10.5. The molecule has 7 heteroatoms. The Morgan fingerprint density at radius 3 is 2.52 bits per heavy atom. The molecule has 0 saturated heterocycles. The molecule has 0 aliphatic heterocycles. The molecule has 134 valence electrons. The van der Waals surface area contributed by atoms with Crippen LogP contribution in [0.5, 0.6) is 5.75 Å². The second-order valence-corrected chi connectivity index (χ2v) is 5.49. The quantitative estimate of drug-likeness (QED) is 0.315. The SMILES string of the molecule is COC(=O)C(=O)c1cn(CCCCOC(C)=O)c2ccc(OC)cc12. The van der Waals surface area contributed by atoms with E-state index in [0.29, 0.717) is 30.7 Å². The van der Waals surface area contributed by atoms with Gasteiger partial charge < -0.3 is 18.8 Å². The molecule has 25 heavy (non-hydrogen) atoms. The number of Topliss-reactive ketones (excluding diaryl/α,β-unsaturated/α-hetero) is 1. The summed E-state index contributed by atoms with van der Waals surface area (Å²) >= 11 is 0. The number of nitrogens with zero attached hydrogens (tertiary/aromatic N) is 1. The molecule has 0 saturated carbocycles. The molecule has 7 nitrogen and oxygen atoms in total. The van der Waals surface area contributed by atoms with Gasteiger partial charge in [0.15, 0.2) is 0 Å². The Morgan fingerprint density at radius 1 is 1.12 bits per heavy atom. The third-order valence-corrected chi connectivity index (χ3v) is 3.80. The topological polar surface area (TPSA) is 83.8 Å². The minimum Gasteiger partial charge on any atom is -0.497 e. The fraction of sp³-hybridized carbons (Fsp3) is 0.389. The summed E-state index contributed by atoms with van der Waals surface area (Å²) in [5, 5.41) is 0.634. The number of aryl methyl sites for hydroxylation is 1. The summed E-state index contributed by atoms with van der Waals surface area (Å²) in [5.74, 6) is -1.31. The van der Waals surface area contributed by atoms with Gasteiger partial charge in [0.05, 0.1) is 26.4 Å². The van der Waals surface area contributed by atoms with Crippen LogP contribution in [0.3, 0.4) is 0 Å². The Morgan fingerprint density at radius 2 is 1.88 bits per heavy atom. The third-order valence-electron chi connectivity index (χ3n) is 3.80. The zero-order chi connectivity index (χ0) is 18.4. The average molecular weight is 347 g/mol. The number of ether oxygens (including phenoxy) is 3. The van der Waals surface area contributed by atoms with E-state index in [0.717, 1.165) is 11.9 Å². The summed E-state index contributed by atoms with van der Waals surface area (Å²) < 4.78 is 16.6. The summed E-state index contributed by atoms with van der Waals surface area (Å²) in [7, 11) is 2.71. The van der Waals surface area contributed by atoms with E-state index in [1.54, 1.807) is 18.3 Å². The molecule has 1 heterocycles. The summed E-state index contributed by atoms with van der Waals surface area (Å²) in [6.45, 7) is 2.35. The van der Waals surface area contributed by atoms with Gasteiger partial charge in [-0.2, -0.15) is 0 Å². The number of hydrogen-bond acceptors (Lipinski definition) is 6. The van der Waals surface area contributed by atoms with E-state index in [2.05, 4.69) is 4.74 Å². The predicted molar refractivity (Wildman–Crippen MR) is 90.7 cm³/mol. The second kappa shape index (κ2) is 8.32. The molecule has 0 atom stereocenters. The standard InChI is InChI=1S/C18H21NO6/c1-12(20)25-9-5-4-8-19-11-15(17(21)18(22)24-3)14-10-13(23-2)6-7-16(14)19/h6-7,10-11H,4-5,8-9H2,1-3H3. The molecule has 1 aromatic heterocycles. The van der Waals surface area contributed by atoms with Gasteiger partial charge >= 0.3 is 11.9 Å². The predicted octanol–water partition coefficient (Wildman–Crippen LogP) is 2.35. The minimum atomic E-state index is -0.906. The Hall–Kier alpha value is -2.83. The van der Waals surface area contributed by atoms with Crippen LogP contribution >= 0.6 is 0 Å². The van der Waals surface area contributed by atoms with Gasteiger partial charge in [0.2, 0.25) is 0 Å². The van der Waals surface area contributed by atoms with Gasteiger partial charge in [-0.3, -0.25) is 9.59 Å². The maximum atomic E-state index is 12.3. The van der Waals surface area contributed by atoms with Gasteiger partial charge in [0.25, 0.3) is 5.78 Å². The summed E-state index contributed by atoms with van der Waals surface area (Å²) in [5.41, 5.74) is 1.10. The number of esters is 2. The van der Waals surface area contributed by atoms with Crippen molar-refractivity contribution in [2.45, 2.75) is 26.3 Å². The lowest BCUT2D eigenvalue weighted by Gasteiger charge is -2.06. The number of aromatic nitrogens is 1. The Labute approximate surface area is 145 Å². The first-order chi connectivity index (χ1) is 12.0. The molecule has 2 rings (SSSR count). The molecule has 0 bridgehead atoms. The van der Waals surface area contributed by atoms with Crippen molar-refractivity contribution in [3.63, 3.8) is 0 Å². The zero-order valence-corrected chi connectivity index (χ0v) is 14.5. The molecule has 0 spiro atoms. The van der Waals surface area contributed by atoms with Gasteiger partial charge in [0.1, 0.15) is 5.75 Å². The van der Waals surface area contributed by atoms with Crippen LogP contribution in [0.1, 0.15) is 30.1 Å². The van der Waals surface area contributed by atoms with Crippen molar-refractivity contribution in [1.29, 1.82) is 0 Å². The number of rotatable bonds is 8. The molecule has 0 fully saturated rings. The largest absolute Gasteiger partial charge is 0.497 e. The van der Waals surface area contributed by atoms with Gasteiger partial charge in [-0.15, -0.1) is 0 Å². The highest BCUT2D eigenvalue weighted by Crippen LogP contribution is 2.27. The van der Waals surface area contributed by atoms with Crippen LogP contribution in [-0.4, -0.2) is 43.1 Å². The number of ketones is 1. The van der Waals surface area contributed by atoms with Crippen molar-refractivity contribution in [2.75, 3.05) is 20.8 Å². The van der Waals surface area contributed by atoms with E-state index in [1.165, 1.54) is 21.1 Å². The van der Waals surface area contributed by atoms with Crippen molar-refractivity contribution in [3.05, 3.63) is 30.0 Å². The number of benzene rings is 1. The van der Waals surface area contributed by atoms with Crippen LogP contribution in [0.4, 0.5) is 0 Å². The number of carbonyl (C=O) groups is 3. The van der Waals surface area contributed by atoms with E-state index < -0.39 is 11.8 Å². The summed E-state index contributed by atoms with van der Waals surface area (Å²) in [6, 6.07) is 5.36. The molecular weight excluding hydrogens is 326 g/mol. The van der Waals surface area contributed by atoms with Gasteiger partial charge in [-0.25, -0.2) is 4.79 Å². The highest BCUT2D eigenvalue weighted by molar-refractivity contribution is 6.43. The number of carbonyl (C=O) groups excluding carboxylic acids is 3. The first-order valence-corrected chi connectivity index (χ1v) is 7.90. The van der Waals surface area contributed by atoms with Crippen LogP contribution in [0, 0.1) is 0 Å². The monoisotopic (exact) mass is 347 g/mol. The highest BCUT2D eigenvalue weighted by atomic mass is 16.5. The van der Waals surface area contributed by atoms with Crippen LogP contribution in [0.25, 0.3) is 10.9 Å². The van der Waals surface area contributed by atoms with Gasteiger partial charge in [0, 0.05) is 30.6 Å².